The number of likely N-dealkylation sites (N-methyl/N-ethyl adjacent to an activating group) is 1. The molecule has 0 aromatic carbocycles. The molecule has 1 unspecified atom stereocenters. The maximum Gasteiger partial charge on any atom is 0.436 e. The molecule has 0 saturated heterocycles. The normalized spacial score (nSPS) is 17.1. The molecule has 1 aromatic rings. The first-order chi connectivity index (χ1) is 9.27. The predicted molar refractivity (Wildman–Crippen MR) is 67.6 cm³/mol. The van der Waals surface area contributed by atoms with E-state index in [1.807, 2.05) is 0 Å². The van der Waals surface area contributed by atoms with E-state index >= 15 is 0 Å². The molecule has 0 spiro atoms. The molecule has 0 aliphatic heterocycles. The Bertz CT molecular complexity index is 523. The number of alkyl halides is 3. The van der Waals surface area contributed by atoms with Gasteiger partial charge in [0.2, 0.25) is 5.91 Å². The van der Waals surface area contributed by atoms with Crippen LogP contribution in [0.15, 0.2) is 0 Å². The molecule has 2 rings (SSSR count). The van der Waals surface area contributed by atoms with Gasteiger partial charge in [-0.25, -0.2) is 0 Å². The van der Waals surface area contributed by atoms with Gasteiger partial charge in [-0.1, -0.05) is 11.6 Å². The summed E-state index contributed by atoms with van der Waals surface area (Å²) < 4.78 is 39.8. The van der Waals surface area contributed by atoms with Crippen molar-refractivity contribution < 1.29 is 18.0 Å². The molecular weight excluding hydrogens is 295 g/mol. The number of carbonyl (C=O) groups is 1. The Kier molecular flexibility index (Phi) is 4.00. The monoisotopic (exact) mass is 309 g/mol. The summed E-state index contributed by atoms with van der Waals surface area (Å²) in [5, 5.41) is 5.74. The Morgan fingerprint density at radius 3 is 2.60 bits per heavy atom. The lowest BCUT2D eigenvalue weighted by atomic mass is 10.2. The van der Waals surface area contributed by atoms with E-state index in [0.29, 0.717) is 12.2 Å². The second-order valence-electron chi connectivity index (χ2n) is 4.83. The van der Waals surface area contributed by atoms with Crippen molar-refractivity contribution in [2.75, 3.05) is 6.54 Å². The summed E-state index contributed by atoms with van der Waals surface area (Å²) in [6.45, 7) is 3.66. The zero-order valence-corrected chi connectivity index (χ0v) is 11.8. The van der Waals surface area contributed by atoms with E-state index in [1.165, 1.54) is 6.92 Å². The molecule has 1 aliphatic carbocycles. The minimum atomic E-state index is -4.62. The summed E-state index contributed by atoms with van der Waals surface area (Å²) in [4.78, 5) is 11.8. The number of hydrogen-bond acceptors (Lipinski definition) is 2. The number of aromatic nitrogens is 2. The average Bonchev–Trinajstić information content (AvgIpc) is 3.11. The molecule has 1 heterocycles. The number of hydrogen-bond donors (Lipinski definition) is 1. The molecule has 1 aliphatic rings. The lowest BCUT2D eigenvalue weighted by Gasteiger charge is -2.15. The van der Waals surface area contributed by atoms with Crippen LogP contribution in [0.2, 0.25) is 5.02 Å². The second-order valence-corrected chi connectivity index (χ2v) is 5.21. The van der Waals surface area contributed by atoms with Crippen LogP contribution in [0, 0.1) is 0 Å². The summed E-state index contributed by atoms with van der Waals surface area (Å²) in [5.74, 6) is -0.412. The smallest absolute Gasteiger partial charge is 0.355 e. The van der Waals surface area contributed by atoms with Crippen molar-refractivity contribution in [1.29, 1.82) is 0 Å². The molecule has 1 amide bonds. The third-order valence-electron chi connectivity index (χ3n) is 3.22. The number of halogens is 4. The first-order valence-electron chi connectivity index (χ1n) is 6.40. The third-order valence-corrected chi connectivity index (χ3v) is 3.59. The van der Waals surface area contributed by atoms with Crippen molar-refractivity contribution >= 4 is 17.5 Å². The summed E-state index contributed by atoms with van der Waals surface area (Å²) in [7, 11) is 0. The highest BCUT2D eigenvalue weighted by Crippen LogP contribution is 2.47. The van der Waals surface area contributed by atoms with Crippen LogP contribution in [-0.4, -0.2) is 22.2 Å². The van der Waals surface area contributed by atoms with E-state index in [4.69, 9.17) is 11.6 Å². The average molecular weight is 310 g/mol. The minimum absolute atomic E-state index is 0.0389. The molecule has 1 atom stereocenters. The van der Waals surface area contributed by atoms with Gasteiger partial charge in [-0.05, 0) is 26.7 Å². The first kappa shape index (κ1) is 15.2. The van der Waals surface area contributed by atoms with E-state index in [9.17, 15) is 18.0 Å². The van der Waals surface area contributed by atoms with Gasteiger partial charge in [0.1, 0.15) is 6.04 Å². The first-order valence-corrected chi connectivity index (χ1v) is 6.78. The molecule has 0 radical (unpaired) electrons. The van der Waals surface area contributed by atoms with Gasteiger partial charge < -0.3 is 5.32 Å². The van der Waals surface area contributed by atoms with Crippen LogP contribution in [0.25, 0.3) is 0 Å². The second kappa shape index (κ2) is 5.27. The molecule has 1 saturated carbocycles. The van der Waals surface area contributed by atoms with Gasteiger partial charge in [-0.2, -0.15) is 18.3 Å². The summed E-state index contributed by atoms with van der Waals surface area (Å²) >= 11 is 5.84. The summed E-state index contributed by atoms with van der Waals surface area (Å²) in [6, 6.07) is -0.820. The maximum absolute atomic E-state index is 12.9. The Balaban J connectivity index is 2.44. The SMILES string of the molecule is CCNC(=O)C(C)n1nc(C(F)(F)F)c(Cl)c1C1CC1. The lowest BCUT2D eigenvalue weighted by molar-refractivity contribution is -0.141. The fourth-order valence-electron chi connectivity index (χ4n) is 2.06. The maximum atomic E-state index is 12.9. The summed E-state index contributed by atoms with van der Waals surface area (Å²) in [5.41, 5.74) is -0.796. The van der Waals surface area contributed by atoms with E-state index in [2.05, 4.69) is 10.4 Å². The van der Waals surface area contributed by atoms with Crippen molar-refractivity contribution in [3.63, 3.8) is 0 Å². The number of amides is 1. The topological polar surface area (TPSA) is 46.9 Å². The van der Waals surface area contributed by atoms with Gasteiger partial charge in [0.05, 0.1) is 10.7 Å². The zero-order valence-electron chi connectivity index (χ0n) is 11.1. The van der Waals surface area contributed by atoms with Crippen molar-refractivity contribution in [3.8, 4) is 0 Å². The van der Waals surface area contributed by atoms with Crippen LogP contribution in [0.1, 0.15) is 50.0 Å². The predicted octanol–water partition coefficient (Wildman–Crippen LogP) is 3.13. The van der Waals surface area contributed by atoms with Crippen LogP contribution < -0.4 is 5.32 Å². The lowest BCUT2D eigenvalue weighted by Crippen LogP contribution is -2.32. The number of carbonyl (C=O) groups excluding carboxylic acids is 1. The van der Waals surface area contributed by atoms with Crippen LogP contribution in [0.3, 0.4) is 0 Å². The van der Waals surface area contributed by atoms with Crippen LogP contribution in [0.4, 0.5) is 13.2 Å². The van der Waals surface area contributed by atoms with E-state index in [1.54, 1.807) is 6.92 Å². The van der Waals surface area contributed by atoms with Crippen molar-refractivity contribution in [3.05, 3.63) is 16.4 Å². The number of nitrogens with zero attached hydrogens (tertiary/aromatic N) is 2. The molecule has 1 fully saturated rings. The molecule has 1 aromatic heterocycles. The molecular formula is C12H15ClF3N3O. The van der Waals surface area contributed by atoms with Gasteiger partial charge in [0, 0.05) is 12.5 Å². The van der Waals surface area contributed by atoms with Gasteiger partial charge in [-0.3, -0.25) is 9.48 Å². The van der Waals surface area contributed by atoms with Crippen molar-refractivity contribution in [1.82, 2.24) is 15.1 Å². The quantitative estimate of drug-likeness (QED) is 0.929. The van der Waals surface area contributed by atoms with Gasteiger partial charge >= 0.3 is 6.18 Å². The number of nitrogens with one attached hydrogen (secondary N) is 1. The molecule has 8 heteroatoms. The van der Waals surface area contributed by atoms with Crippen LogP contribution >= 0.6 is 11.6 Å². The highest BCUT2D eigenvalue weighted by atomic mass is 35.5. The number of rotatable bonds is 4. The van der Waals surface area contributed by atoms with E-state index in [0.717, 1.165) is 17.5 Å². The standard InChI is InChI=1S/C12H15ClF3N3O/c1-3-17-11(20)6(2)19-9(7-4-5-7)8(13)10(18-19)12(14,15)16/h6-7H,3-5H2,1-2H3,(H,17,20). The molecule has 0 bridgehead atoms. The van der Waals surface area contributed by atoms with E-state index in [-0.39, 0.29) is 16.8 Å². The van der Waals surface area contributed by atoms with Gasteiger partial charge in [-0.15, -0.1) is 0 Å². The molecule has 1 N–H and O–H groups in total. The zero-order chi connectivity index (χ0) is 15.1. The van der Waals surface area contributed by atoms with Gasteiger partial charge in [0.15, 0.2) is 5.69 Å². The Labute approximate surface area is 119 Å². The van der Waals surface area contributed by atoms with Crippen molar-refractivity contribution in [2.45, 2.75) is 44.8 Å². The highest BCUT2D eigenvalue weighted by Gasteiger charge is 2.43. The Hall–Kier alpha value is -1.24. The van der Waals surface area contributed by atoms with Crippen LogP contribution in [-0.2, 0) is 11.0 Å². The fourth-order valence-corrected chi connectivity index (χ4v) is 2.45. The fraction of sp³-hybridized carbons (Fsp3) is 0.667. The molecule has 4 nitrogen and oxygen atoms in total. The molecule has 20 heavy (non-hydrogen) atoms. The van der Waals surface area contributed by atoms with E-state index < -0.39 is 17.9 Å². The van der Waals surface area contributed by atoms with Crippen LogP contribution in [0.5, 0.6) is 0 Å². The van der Waals surface area contributed by atoms with Crippen molar-refractivity contribution in [2.24, 2.45) is 0 Å². The third kappa shape index (κ3) is 2.77. The molecule has 112 valence electrons. The summed E-state index contributed by atoms with van der Waals surface area (Å²) in [6.07, 6.45) is -3.08. The largest absolute Gasteiger partial charge is 0.436 e. The highest BCUT2D eigenvalue weighted by molar-refractivity contribution is 6.32. The minimum Gasteiger partial charge on any atom is -0.355 e. The Morgan fingerprint density at radius 2 is 2.15 bits per heavy atom. The van der Waals surface area contributed by atoms with Gasteiger partial charge in [0.25, 0.3) is 0 Å². The Morgan fingerprint density at radius 1 is 1.55 bits per heavy atom.